The van der Waals surface area contributed by atoms with Crippen LogP contribution in [-0.4, -0.2) is 51.0 Å². The van der Waals surface area contributed by atoms with Crippen molar-refractivity contribution in [2.24, 2.45) is 0 Å². The van der Waals surface area contributed by atoms with E-state index in [0.29, 0.717) is 0 Å². The number of rotatable bonds is 0. The summed E-state index contributed by atoms with van der Waals surface area (Å²) in [4.78, 5) is 0. The second-order valence-corrected chi connectivity index (χ2v) is 2.87. The van der Waals surface area contributed by atoms with Gasteiger partial charge in [0.1, 0.15) is 18.4 Å². The fourth-order valence-electron chi connectivity index (χ4n) is 1.15. The normalized spacial score (nSPS) is 52.6. The highest BCUT2D eigenvalue weighted by atomic mass is 16.4. The van der Waals surface area contributed by atoms with Crippen molar-refractivity contribution in [2.75, 3.05) is 0 Å². The van der Waals surface area contributed by atoms with E-state index in [1.165, 1.54) is 0 Å². The number of aliphatic hydroxyl groups is 4. The lowest BCUT2D eigenvalue weighted by Crippen LogP contribution is -2.63. The molecule has 5 heteroatoms. The number of aliphatic hydroxyl groups excluding tert-OH is 4. The summed E-state index contributed by atoms with van der Waals surface area (Å²) in [5, 5.41) is 38.8. The van der Waals surface area contributed by atoms with Crippen LogP contribution in [0.4, 0.5) is 0 Å². The Bertz CT molecular complexity index is 129. The second kappa shape index (κ2) is 3.04. The van der Waals surface area contributed by atoms with Gasteiger partial charge in [-0.15, -0.1) is 0 Å². The molecule has 1 fully saturated rings. The summed E-state index contributed by atoms with van der Waals surface area (Å²) >= 11 is 0. The third-order valence-electron chi connectivity index (χ3n) is 1.97. The molecule has 5 N–H and O–H groups in total. The average molecular weight is 163 g/mol. The third kappa shape index (κ3) is 1.52. The molecule has 1 aliphatic rings. The Balaban J connectivity index is 2.63. The molecule has 5 atom stereocenters. The molecule has 1 aliphatic heterocycles. The average Bonchev–Trinajstić information content (AvgIpc) is 1.97. The maximum Gasteiger partial charge on any atom is 0.134 e. The highest BCUT2D eigenvalue weighted by molar-refractivity contribution is 4.91. The van der Waals surface area contributed by atoms with Crippen molar-refractivity contribution >= 4 is 0 Å². The molecule has 66 valence electrons. The van der Waals surface area contributed by atoms with Crippen LogP contribution >= 0.6 is 0 Å². The van der Waals surface area contributed by atoms with E-state index < -0.39 is 30.6 Å². The van der Waals surface area contributed by atoms with E-state index in [9.17, 15) is 0 Å². The second-order valence-electron chi connectivity index (χ2n) is 2.87. The molecule has 0 aliphatic carbocycles. The molecule has 0 radical (unpaired) electrons. The Morgan fingerprint density at radius 3 is 2.00 bits per heavy atom. The van der Waals surface area contributed by atoms with Crippen molar-refractivity contribution in [1.82, 2.24) is 5.32 Å². The molecule has 0 bridgehead atoms. The van der Waals surface area contributed by atoms with E-state index >= 15 is 0 Å². The minimum atomic E-state index is -1.32. The summed E-state index contributed by atoms with van der Waals surface area (Å²) in [5.74, 6) is 0. The monoisotopic (exact) mass is 163 g/mol. The molecule has 0 aromatic carbocycles. The van der Waals surface area contributed by atoms with Crippen LogP contribution in [-0.2, 0) is 0 Å². The van der Waals surface area contributed by atoms with E-state index in [2.05, 4.69) is 5.32 Å². The lowest BCUT2D eigenvalue weighted by molar-refractivity contribution is -0.154. The molecule has 0 saturated carbocycles. The minimum absolute atomic E-state index is 0.414. The van der Waals surface area contributed by atoms with Gasteiger partial charge in [-0.2, -0.15) is 0 Å². The van der Waals surface area contributed by atoms with Crippen LogP contribution in [0.1, 0.15) is 6.92 Å². The van der Waals surface area contributed by atoms with Gasteiger partial charge in [-0.3, -0.25) is 5.32 Å². The molecular weight excluding hydrogens is 150 g/mol. The fourth-order valence-corrected chi connectivity index (χ4v) is 1.15. The van der Waals surface area contributed by atoms with Crippen molar-refractivity contribution in [2.45, 2.75) is 37.5 Å². The lowest BCUT2D eigenvalue weighted by atomic mass is 9.96. The molecule has 1 heterocycles. The zero-order chi connectivity index (χ0) is 8.59. The van der Waals surface area contributed by atoms with Gasteiger partial charge in [-0.25, -0.2) is 0 Å². The van der Waals surface area contributed by atoms with Crippen molar-refractivity contribution in [3.8, 4) is 0 Å². The van der Waals surface area contributed by atoms with Gasteiger partial charge < -0.3 is 20.4 Å². The maximum atomic E-state index is 9.15. The number of hydrogen-bond acceptors (Lipinski definition) is 5. The molecule has 0 aromatic heterocycles. The molecule has 1 saturated heterocycles. The molecule has 0 spiro atoms. The van der Waals surface area contributed by atoms with Crippen molar-refractivity contribution in [1.29, 1.82) is 0 Å². The van der Waals surface area contributed by atoms with Gasteiger partial charge in [-0.1, -0.05) is 0 Å². The van der Waals surface area contributed by atoms with Gasteiger partial charge in [-0.05, 0) is 6.92 Å². The fraction of sp³-hybridized carbons (Fsp3) is 1.00. The zero-order valence-electron chi connectivity index (χ0n) is 6.18. The lowest BCUT2D eigenvalue weighted by Gasteiger charge is -2.37. The van der Waals surface area contributed by atoms with Crippen molar-refractivity contribution in [3.63, 3.8) is 0 Å². The Morgan fingerprint density at radius 1 is 0.909 bits per heavy atom. The standard InChI is InChI=1S/C6H13NO4/c1-2-3(8)4(9)5(10)6(11)7-2/h2-11H,1H3/t2-,3+,4+,5+,6+/m1/s1. The summed E-state index contributed by atoms with van der Waals surface area (Å²) in [6, 6.07) is -0.414. The third-order valence-corrected chi connectivity index (χ3v) is 1.97. The van der Waals surface area contributed by atoms with Crippen LogP contribution in [0, 0.1) is 0 Å². The van der Waals surface area contributed by atoms with Gasteiger partial charge >= 0.3 is 0 Å². The first-order valence-corrected chi connectivity index (χ1v) is 3.52. The van der Waals surface area contributed by atoms with E-state index in [1.807, 2.05) is 0 Å². The van der Waals surface area contributed by atoms with E-state index in [1.54, 1.807) is 6.92 Å². The Hall–Kier alpha value is -0.200. The van der Waals surface area contributed by atoms with Crippen LogP contribution in [0.3, 0.4) is 0 Å². The predicted molar refractivity (Wildman–Crippen MR) is 36.6 cm³/mol. The van der Waals surface area contributed by atoms with E-state index in [0.717, 1.165) is 0 Å². The summed E-state index contributed by atoms with van der Waals surface area (Å²) in [7, 11) is 0. The molecule has 5 nitrogen and oxygen atoms in total. The Morgan fingerprint density at radius 2 is 1.45 bits per heavy atom. The summed E-state index contributed by atoms with van der Waals surface area (Å²) < 4.78 is 0. The van der Waals surface area contributed by atoms with Crippen LogP contribution in [0.2, 0.25) is 0 Å². The first-order valence-electron chi connectivity index (χ1n) is 3.52. The largest absolute Gasteiger partial charge is 0.389 e. The molecule has 0 unspecified atom stereocenters. The number of nitrogens with one attached hydrogen (secondary N) is 1. The molecule has 0 aromatic rings. The molecule has 0 amide bonds. The first-order chi connectivity index (χ1) is 5.04. The first kappa shape index (κ1) is 8.89. The molecule has 1 rings (SSSR count). The minimum Gasteiger partial charge on any atom is -0.389 e. The predicted octanol–water partition coefficient (Wildman–Crippen LogP) is -2.62. The number of hydrogen-bond donors (Lipinski definition) is 5. The van der Waals surface area contributed by atoms with Gasteiger partial charge in [0, 0.05) is 6.04 Å². The van der Waals surface area contributed by atoms with Crippen LogP contribution in [0.15, 0.2) is 0 Å². The molecular formula is C6H13NO4. The summed E-state index contributed by atoms with van der Waals surface area (Å²) in [6.45, 7) is 1.61. The van der Waals surface area contributed by atoms with Crippen molar-refractivity contribution in [3.05, 3.63) is 0 Å². The smallest absolute Gasteiger partial charge is 0.134 e. The van der Waals surface area contributed by atoms with Crippen LogP contribution in [0.25, 0.3) is 0 Å². The maximum absolute atomic E-state index is 9.15. The SMILES string of the molecule is C[C@H]1N[C@@H](O)[C@@H](O)[C@@H](O)[C@H]1O. The summed E-state index contributed by atoms with van der Waals surface area (Å²) in [5.41, 5.74) is 0. The highest BCUT2D eigenvalue weighted by Gasteiger charge is 2.39. The highest BCUT2D eigenvalue weighted by Crippen LogP contribution is 2.13. The summed E-state index contributed by atoms with van der Waals surface area (Å²) in [6.07, 6.45) is -4.79. The topological polar surface area (TPSA) is 93.0 Å². The van der Waals surface area contributed by atoms with E-state index in [4.69, 9.17) is 20.4 Å². The van der Waals surface area contributed by atoms with Crippen LogP contribution < -0.4 is 5.32 Å². The van der Waals surface area contributed by atoms with Crippen LogP contribution in [0.5, 0.6) is 0 Å². The Labute approximate surface area is 64.3 Å². The number of piperidine rings is 1. The Kier molecular flexibility index (Phi) is 2.46. The van der Waals surface area contributed by atoms with Gasteiger partial charge in [0.05, 0.1) is 6.10 Å². The van der Waals surface area contributed by atoms with Gasteiger partial charge in [0.2, 0.25) is 0 Å². The molecule has 11 heavy (non-hydrogen) atoms. The van der Waals surface area contributed by atoms with E-state index in [-0.39, 0.29) is 0 Å². The van der Waals surface area contributed by atoms with Gasteiger partial charge in [0.25, 0.3) is 0 Å². The van der Waals surface area contributed by atoms with Gasteiger partial charge in [0.15, 0.2) is 0 Å². The quantitative estimate of drug-likeness (QED) is 0.269. The van der Waals surface area contributed by atoms with Crippen molar-refractivity contribution < 1.29 is 20.4 Å². The zero-order valence-corrected chi connectivity index (χ0v) is 6.18.